The van der Waals surface area contributed by atoms with Gasteiger partial charge in [-0.05, 0) is 192 Å². The molecule has 8 heterocycles. The Morgan fingerprint density at radius 2 is 0.719 bits per heavy atom. The van der Waals surface area contributed by atoms with Gasteiger partial charge in [-0.3, -0.25) is 4.18 Å². The first-order valence-electron chi connectivity index (χ1n) is 40.7. The highest BCUT2D eigenvalue weighted by Gasteiger charge is 2.51. The van der Waals surface area contributed by atoms with Gasteiger partial charge >= 0.3 is 30.5 Å². The number of oxazole rings is 3. The minimum atomic E-state index is -4.55. The van der Waals surface area contributed by atoms with Gasteiger partial charge in [0.25, 0.3) is 10.1 Å². The van der Waals surface area contributed by atoms with Gasteiger partial charge in [0, 0.05) is 99.8 Å². The van der Waals surface area contributed by atoms with E-state index < -0.39 is 103 Å². The molecule has 6 aromatic rings. The molecule has 0 saturated carbocycles. The number of alkyl halides is 1. The Kier molecular flexibility index (Phi) is 32.7. The molecule has 37 heteroatoms. The number of hydrogen-bond donors (Lipinski definition) is 1. The summed E-state index contributed by atoms with van der Waals surface area (Å²) < 4.78 is 141. The summed E-state index contributed by atoms with van der Waals surface area (Å²) in [6.07, 6.45) is 2.43. The van der Waals surface area contributed by atoms with Crippen molar-refractivity contribution in [1.29, 1.82) is 0 Å². The van der Waals surface area contributed by atoms with E-state index >= 15 is 4.39 Å². The van der Waals surface area contributed by atoms with Crippen LogP contribution in [-0.4, -0.2) is 228 Å². The zero-order chi connectivity index (χ0) is 91.3. The molecule has 11 rings (SSSR count). The van der Waals surface area contributed by atoms with Crippen LogP contribution >= 0.6 is 46.6 Å². The molecule has 0 radical (unpaired) electrons. The summed E-state index contributed by atoms with van der Waals surface area (Å²) in [5.41, 5.74) is -1.22. The second-order valence-corrected chi connectivity index (χ2v) is 47.4. The first kappa shape index (κ1) is 101. The normalized spacial score (nSPS) is 17.6. The van der Waals surface area contributed by atoms with E-state index in [2.05, 4.69) is 35.7 Å². The maximum absolute atomic E-state index is 15.9. The lowest BCUT2D eigenvalue weighted by molar-refractivity contribution is 0.00943. The van der Waals surface area contributed by atoms with Crippen molar-refractivity contribution in [3.05, 3.63) is 69.1 Å². The molecule has 0 spiro atoms. The van der Waals surface area contributed by atoms with E-state index in [9.17, 15) is 54.3 Å². The number of rotatable bonds is 8. The zero-order valence-electron chi connectivity index (χ0n) is 74.8. The molecule has 5 aliphatic heterocycles. The van der Waals surface area contributed by atoms with E-state index in [0.29, 0.717) is 130 Å². The molecular formula is C84H126Cl3FN8O21S4. The van der Waals surface area contributed by atoms with Crippen LogP contribution in [0, 0.1) is 0 Å². The number of fused-ring (bicyclic) bond motifs is 3. The number of aliphatic hydroxyl groups is 1. The summed E-state index contributed by atoms with van der Waals surface area (Å²) in [5, 5.41) is 7.04. The molecular weight excluding hydrogens is 1710 g/mol. The van der Waals surface area contributed by atoms with Crippen molar-refractivity contribution in [2.75, 3.05) is 71.7 Å². The standard InChI is InChI=1S/C21H28ClFN2O5S.C21H29ClN2O5S.C21H29ClN2O3S.C11H21NO5S.C10H19NO3/c1-19(2,3)17-24-14-8-7-13(22)16(15(14)29-17)31(27,28)21(23)9-11-25(12-10-21)18(26)30-20(4,5)6;1-20(2,3)18-23-15-8-7-14(22)17(16(15)28-18)30(26,27)13-9-11-24(12-10-13)19(25)29-21(4,5)6;1-20(2,3)18-23-15-8-7-14(22)17(16(15)26-18)28-13-9-11-24(12-10-13)19(25)27-21(4,5)6;1-11(2,3)16-10(13)12-7-5-9(6-8-12)17-18(4,14)15;1-10(2,3)14-9(13)11-6-4-8(12)5-7-11/h7-8H,9-12H2,1-6H3;7-8,13H,9-12H2,1-6H3;7-8,13H,9-12H2,1-6H3;9H,5-8H2,1-4H3;8,12H,4-7H2,1-3H3. The molecule has 0 bridgehead atoms. The Balaban J connectivity index is 0.000000214. The second kappa shape index (κ2) is 39.1. The zero-order valence-corrected chi connectivity index (χ0v) is 80.3. The third-order valence-electron chi connectivity index (χ3n) is 18.9. The Bertz CT molecular complexity index is 4960. The predicted molar refractivity (Wildman–Crippen MR) is 466 cm³/mol. The van der Waals surface area contributed by atoms with E-state index in [4.69, 9.17) is 75.9 Å². The van der Waals surface area contributed by atoms with Gasteiger partial charge in [-0.25, -0.2) is 60.2 Å². The van der Waals surface area contributed by atoms with Gasteiger partial charge < -0.3 is 66.5 Å². The number of carbonyl (C=O) groups is 5. The molecule has 3 aromatic heterocycles. The van der Waals surface area contributed by atoms with Gasteiger partial charge in [-0.2, -0.15) is 8.42 Å². The van der Waals surface area contributed by atoms with Crippen molar-refractivity contribution in [2.45, 2.75) is 317 Å². The average Bonchev–Trinajstić information content (AvgIpc) is 1.72. The summed E-state index contributed by atoms with van der Waals surface area (Å²) in [6, 6.07) is 9.93. The number of halogens is 4. The topological polar surface area (TPSA) is 358 Å². The number of thioether (sulfide) groups is 1. The van der Waals surface area contributed by atoms with Gasteiger partial charge in [0.2, 0.25) is 32.5 Å². The first-order valence-corrected chi connectivity index (χ1v) is 47.6. The number of nitrogens with zero attached hydrogens (tertiary/aromatic N) is 8. The van der Waals surface area contributed by atoms with Gasteiger partial charge in [-0.15, -0.1) is 11.8 Å². The average molecular weight is 1840 g/mol. The molecule has 5 amide bonds. The number of ether oxygens (including phenoxy) is 5. The molecule has 29 nitrogen and oxygen atoms in total. The summed E-state index contributed by atoms with van der Waals surface area (Å²) in [5.74, 6) is 1.50. The Morgan fingerprint density at radius 1 is 0.430 bits per heavy atom. The molecule has 5 aliphatic rings. The number of amides is 5. The van der Waals surface area contributed by atoms with Gasteiger partial charge in [0.05, 0.1) is 43.7 Å². The highest BCUT2D eigenvalue weighted by Crippen LogP contribution is 2.46. The van der Waals surface area contributed by atoms with Crippen molar-refractivity contribution >= 4 is 140 Å². The minimum Gasteiger partial charge on any atom is -0.444 e. The lowest BCUT2D eigenvalue weighted by Gasteiger charge is -2.36. The number of likely N-dealkylation sites (tertiary alicyclic amines) is 5. The number of piperidine rings is 5. The van der Waals surface area contributed by atoms with Crippen LogP contribution in [0.4, 0.5) is 28.4 Å². The largest absolute Gasteiger partial charge is 0.444 e. The molecule has 5 fully saturated rings. The molecule has 1 N–H and O–H groups in total. The third kappa shape index (κ3) is 29.2. The number of sulfone groups is 2. The molecule has 0 atom stereocenters. The Morgan fingerprint density at radius 3 is 1.06 bits per heavy atom. The monoisotopic (exact) mass is 1830 g/mol. The smallest absolute Gasteiger partial charge is 0.410 e. The van der Waals surface area contributed by atoms with Crippen LogP contribution in [0.3, 0.4) is 0 Å². The van der Waals surface area contributed by atoms with E-state index in [0.717, 1.165) is 35.1 Å². The van der Waals surface area contributed by atoms with Crippen molar-refractivity contribution in [2.24, 2.45) is 0 Å². The van der Waals surface area contributed by atoms with Crippen molar-refractivity contribution in [3.63, 3.8) is 0 Å². The number of carbonyl (C=O) groups excluding carboxylic acids is 5. The lowest BCUT2D eigenvalue weighted by atomic mass is 9.97. The third-order valence-corrected chi connectivity index (χ3v) is 26.9. The van der Waals surface area contributed by atoms with E-state index in [1.54, 1.807) is 91.1 Å². The molecule has 0 aliphatic carbocycles. The van der Waals surface area contributed by atoms with E-state index in [1.807, 2.05) is 116 Å². The molecule has 3 aromatic carbocycles. The SMILES string of the molecule is CC(C)(C)OC(=O)N1CCC(F)(S(=O)(=O)c2c(Cl)ccc3nc(C(C)(C)C)oc23)CC1.CC(C)(C)OC(=O)N1CCC(O)CC1.CC(C)(C)OC(=O)N1CCC(OS(C)(=O)=O)CC1.CC(C)(C)OC(=O)N1CCC(S(=O)(=O)c2c(Cl)ccc3nc(C(C)(C)C)oc23)CC1.CC(C)(C)OC(=O)N1CCC(Sc2c(Cl)ccc3nc(C(C)(C)C)oc23)CC1. The summed E-state index contributed by atoms with van der Waals surface area (Å²) in [6.45, 7) is 48.8. The highest BCUT2D eigenvalue weighted by molar-refractivity contribution is 8.00. The van der Waals surface area contributed by atoms with Crippen LogP contribution < -0.4 is 0 Å². The summed E-state index contributed by atoms with van der Waals surface area (Å²) in [4.78, 5) is 81.9. The Labute approximate surface area is 732 Å². The van der Waals surface area contributed by atoms with E-state index in [1.165, 1.54) is 11.0 Å². The minimum absolute atomic E-state index is 0.0135. The molecule has 5 saturated heterocycles. The fourth-order valence-electron chi connectivity index (χ4n) is 12.8. The summed E-state index contributed by atoms with van der Waals surface area (Å²) >= 11 is 20.8. The number of aromatic nitrogens is 3. The predicted octanol–water partition coefficient (Wildman–Crippen LogP) is 19.2. The maximum atomic E-state index is 15.9. The molecule has 0 unspecified atom stereocenters. The fraction of sp³-hybridized carbons (Fsp3) is 0.690. The van der Waals surface area contributed by atoms with Crippen molar-refractivity contribution < 1.29 is 99.8 Å². The maximum Gasteiger partial charge on any atom is 0.410 e. The highest BCUT2D eigenvalue weighted by atomic mass is 35.5. The molecule has 121 heavy (non-hydrogen) atoms. The Hall–Kier alpha value is -6.66. The van der Waals surface area contributed by atoms with Crippen LogP contribution in [0.2, 0.25) is 15.1 Å². The van der Waals surface area contributed by atoms with Gasteiger partial charge in [0.15, 0.2) is 26.6 Å². The van der Waals surface area contributed by atoms with Crippen LogP contribution in [0.5, 0.6) is 0 Å². The van der Waals surface area contributed by atoms with Crippen LogP contribution in [0.1, 0.15) is 248 Å². The number of hydrogen-bond acceptors (Lipinski definition) is 25. The van der Waals surface area contributed by atoms with Crippen LogP contribution in [-0.2, 0) is 73.9 Å². The van der Waals surface area contributed by atoms with Gasteiger partial charge in [-0.1, -0.05) is 97.1 Å². The fourth-order valence-corrected chi connectivity index (χ4v) is 19.6. The van der Waals surface area contributed by atoms with Gasteiger partial charge in [0.1, 0.15) is 54.3 Å². The van der Waals surface area contributed by atoms with Crippen molar-refractivity contribution in [3.8, 4) is 0 Å². The second-order valence-electron chi connectivity index (χ2n) is 39.0. The van der Waals surface area contributed by atoms with Crippen molar-refractivity contribution in [1.82, 2.24) is 39.5 Å². The van der Waals surface area contributed by atoms with E-state index in [-0.39, 0.29) is 80.5 Å². The summed E-state index contributed by atoms with van der Waals surface area (Å²) in [7, 11) is -11.8. The quantitative estimate of drug-likeness (QED) is 0.109. The van der Waals surface area contributed by atoms with Crippen LogP contribution in [0.15, 0.2) is 64.3 Å². The van der Waals surface area contributed by atoms with Crippen LogP contribution in [0.25, 0.3) is 33.3 Å². The lowest BCUT2D eigenvalue weighted by Crippen LogP contribution is -2.49. The first-order chi connectivity index (χ1) is 55.1. The number of benzene rings is 3. The molecule has 680 valence electrons. The number of aliphatic hydroxyl groups excluding tert-OH is 1.